The Kier molecular flexibility index (Phi) is 4.54. The van der Waals surface area contributed by atoms with Crippen LogP contribution in [-0.4, -0.2) is 10.8 Å². The molecule has 2 aromatic rings. The second-order valence-electron chi connectivity index (χ2n) is 4.24. The van der Waals surface area contributed by atoms with Crippen LogP contribution in [0.15, 0.2) is 46.9 Å². The van der Waals surface area contributed by atoms with Crippen molar-refractivity contribution in [3.63, 3.8) is 0 Å². The maximum atomic E-state index is 11.0. The largest absolute Gasteiger partial charge is 0.481 e. The van der Waals surface area contributed by atoms with Crippen LogP contribution in [0.1, 0.15) is 11.1 Å². The van der Waals surface area contributed by atoms with Crippen molar-refractivity contribution in [2.45, 2.75) is 6.61 Å². The van der Waals surface area contributed by atoms with Gasteiger partial charge in [-0.2, -0.15) is 0 Å². The van der Waals surface area contributed by atoms with E-state index in [9.17, 15) is 10.1 Å². The molecule has 0 aromatic heterocycles. The van der Waals surface area contributed by atoms with E-state index in [1.165, 1.54) is 6.07 Å². The smallest absolute Gasteiger partial charge is 0.312 e. The Labute approximate surface area is 129 Å². The number of halogens is 1. The molecule has 2 rings (SSSR count). The summed E-state index contributed by atoms with van der Waals surface area (Å²) in [5.41, 5.74) is 6.72. The highest BCUT2D eigenvalue weighted by Gasteiger charge is 2.17. The van der Waals surface area contributed by atoms with E-state index in [0.29, 0.717) is 10.0 Å². The number of nitrogens with zero attached hydrogens (tertiary/aromatic N) is 1. The topological polar surface area (TPSA) is 102 Å². The van der Waals surface area contributed by atoms with Crippen molar-refractivity contribution in [3.05, 3.63) is 68.2 Å². The SMILES string of the molecule is N=C(N)c1ccc(COc2c(Br)cccc2[N+](=O)[O-])cc1. The monoisotopic (exact) mass is 349 g/mol. The highest BCUT2D eigenvalue weighted by molar-refractivity contribution is 9.10. The van der Waals surface area contributed by atoms with Gasteiger partial charge in [-0.25, -0.2) is 0 Å². The summed E-state index contributed by atoms with van der Waals surface area (Å²) in [6, 6.07) is 11.6. The van der Waals surface area contributed by atoms with Gasteiger partial charge in [0.1, 0.15) is 12.4 Å². The first kappa shape index (κ1) is 15.0. The van der Waals surface area contributed by atoms with Crippen LogP contribution in [0.4, 0.5) is 5.69 Å². The first-order chi connectivity index (χ1) is 9.99. The molecule has 0 unspecified atom stereocenters. The van der Waals surface area contributed by atoms with Crippen LogP contribution in [-0.2, 0) is 6.61 Å². The third kappa shape index (κ3) is 3.57. The van der Waals surface area contributed by atoms with Gasteiger partial charge in [0.2, 0.25) is 5.75 Å². The lowest BCUT2D eigenvalue weighted by molar-refractivity contribution is -0.386. The molecular formula is C14H12BrN3O3. The molecule has 0 fully saturated rings. The number of ether oxygens (including phenoxy) is 1. The molecule has 7 heteroatoms. The maximum absolute atomic E-state index is 11.0. The zero-order chi connectivity index (χ0) is 15.4. The molecule has 0 spiro atoms. The summed E-state index contributed by atoms with van der Waals surface area (Å²) >= 11 is 3.25. The van der Waals surface area contributed by atoms with Gasteiger partial charge in [-0.3, -0.25) is 15.5 Å². The molecule has 6 nitrogen and oxygen atoms in total. The number of benzene rings is 2. The molecule has 0 saturated carbocycles. The number of hydrogen-bond donors (Lipinski definition) is 2. The van der Waals surface area contributed by atoms with Gasteiger partial charge in [0.25, 0.3) is 0 Å². The molecule has 3 N–H and O–H groups in total. The quantitative estimate of drug-likeness (QED) is 0.374. The molecule has 2 aromatic carbocycles. The summed E-state index contributed by atoms with van der Waals surface area (Å²) in [4.78, 5) is 10.5. The molecule has 0 aliphatic carbocycles. The second-order valence-corrected chi connectivity index (χ2v) is 5.10. The van der Waals surface area contributed by atoms with E-state index in [-0.39, 0.29) is 23.9 Å². The fourth-order valence-corrected chi connectivity index (χ4v) is 2.19. The summed E-state index contributed by atoms with van der Waals surface area (Å²) in [5.74, 6) is 0.182. The molecule has 0 atom stereocenters. The van der Waals surface area contributed by atoms with Gasteiger partial charge >= 0.3 is 5.69 Å². The second kappa shape index (κ2) is 6.36. The Morgan fingerprint density at radius 1 is 1.29 bits per heavy atom. The number of nitrogens with two attached hydrogens (primary N) is 1. The van der Waals surface area contributed by atoms with Crippen molar-refractivity contribution in [1.82, 2.24) is 0 Å². The molecule has 108 valence electrons. The number of para-hydroxylation sites is 1. The number of nitro benzene ring substituents is 1. The Bertz CT molecular complexity index is 686. The highest BCUT2D eigenvalue weighted by Crippen LogP contribution is 2.35. The Hall–Kier alpha value is -2.41. The number of rotatable bonds is 5. The third-order valence-corrected chi connectivity index (χ3v) is 3.42. The van der Waals surface area contributed by atoms with Crippen LogP contribution in [0.3, 0.4) is 0 Å². The van der Waals surface area contributed by atoms with E-state index < -0.39 is 4.92 Å². The Morgan fingerprint density at radius 2 is 1.95 bits per heavy atom. The van der Waals surface area contributed by atoms with Crippen molar-refractivity contribution >= 4 is 27.5 Å². The van der Waals surface area contributed by atoms with Crippen LogP contribution >= 0.6 is 15.9 Å². The zero-order valence-corrected chi connectivity index (χ0v) is 12.5. The molecule has 0 amide bonds. The van der Waals surface area contributed by atoms with Crippen molar-refractivity contribution in [2.24, 2.45) is 5.73 Å². The molecule has 0 bridgehead atoms. The van der Waals surface area contributed by atoms with E-state index in [2.05, 4.69) is 15.9 Å². The summed E-state index contributed by atoms with van der Waals surface area (Å²) in [6.07, 6.45) is 0. The first-order valence-electron chi connectivity index (χ1n) is 5.98. The lowest BCUT2D eigenvalue weighted by atomic mass is 10.1. The number of hydrogen-bond acceptors (Lipinski definition) is 4. The molecular weight excluding hydrogens is 338 g/mol. The molecule has 0 saturated heterocycles. The number of nitro groups is 1. The van der Waals surface area contributed by atoms with Crippen LogP contribution in [0.5, 0.6) is 5.75 Å². The summed E-state index contributed by atoms with van der Waals surface area (Å²) in [6.45, 7) is 0.182. The van der Waals surface area contributed by atoms with Crippen LogP contribution in [0.2, 0.25) is 0 Å². The summed E-state index contributed by atoms with van der Waals surface area (Å²) < 4.78 is 6.07. The fraction of sp³-hybridized carbons (Fsp3) is 0.0714. The molecule has 0 radical (unpaired) electrons. The third-order valence-electron chi connectivity index (χ3n) is 2.79. The minimum Gasteiger partial charge on any atom is -0.481 e. The zero-order valence-electron chi connectivity index (χ0n) is 10.9. The van der Waals surface area contributed by atoms with Gasteiger partial charge in [-0.05, 0) is 27.6 Å². The maximum Gasteiger partial charge on any atom is 0.312 e. The van der Waals surface area contributed by atoms with Gasteiger partial charge in [0.15, 0.2) is 0 Å². The standard InChI is InChI=1S/C14H12BrN3O3/c15-11-2-1-3-12(18(19)20)13(11)21-8-9-4-6-10(7-5-9)14(16)17/h1-7H,8H2,(H3,16,17). The average Bonchev–Trinajstić information content (AvgIpc) is 2.46. The summed E-state index contributed by atoms with van der Waals surface area (Å²) in [5, 5.41) is 18.3. The van der Waals surface area contributed by atoms with Crippen LogP contribution in [0, 0.1) is 15.5 Å². The van der Waals surface area contributed by atoms with E-state index in [1.807, 2.05) is 0 Å². The van der Waals surface area contributed by atoms with Crippen LogP contribution < -0.4 is 10.5 Å². The lowest BCUT2D eigenvalue weighted by Crippen LogP contribution is -2.10. The van der Waals surface area contributed by atoms with Crippen molar-refractivity contribution in [2.75, 3.05) is 0 Å². The van der Waals surface area contributed by atoms with Gasteiger partial charge in [-0.1, -0.05) is 30.3 Å². The molecule has 0 aliphatic rings. The van der Waals surface area contributed by atoms with E-state index in [4.69, 9.17) is 15.9 Å². The summed E-state index contributed by atoms with van der Waals surface area (Å²) in [7, 11) is 0. The Balaban J connectivity index is 2.16. The van der Waals surface area contributed by atoms with E-state index in [1.54, 1.807) is 36.4 Å². The average molecular weight is 350 g/mol. The molecule has 0 aliphatic heterocycles. The minimum atomic E-state index is -0.487. The van der Waals surface area contributed by atoms with Gasteiger partial charge in [0, 0.05) is 11.6 Å². The molecule has 0 heterocycles. The van der Waals surface area contributed by atoms with Gasteiger partial charge in [-0.15, -0.1) is 0 Å². The Morgan fingerprint density at radius 3 is 2.52 bits per heavy atom. The number of nitrogen functional groups attached to an aromatic ring is 1. The predicted octanol–water partition coefficient (Wildman–Crippen LogP) is 3.22. The fourth-order valence-electron chi connectivity index (χ4n) is 1.72. The van der Waals surface area contributed by atoms with Crippen molar-refractivity contribution < 1.29 is 9.66 Å². The lowest BCUT2D eigenvalue weighted by Gasteiger charge is -2.09. The van der Waals surface area contributed by atoms with E-state index in [0.717, 1.165) is 5.56 Å². The highest BCUT2D eigenvalue weighted by atomic mass is 79.9. The van der Waals surface area contributed by atoms with E-state index >= 15 is 0 Å². The van der Waals surface area contributed by atoms with Crippen molar-refractivity contribution in [1.29, 1.82) is 5.41 Å². The molecule has 21 heavy (non-hydrogen) atoms. The van der Waals surface area contributed by atoms with Gasteiger partial charge < -0.3 is 10.5 Å². The number of nitrogens with one attached hydrogen (secondary N) is 1. The number of amidine groups is 1. The predicted molar refractivity (Wildman–Crippen MR) is 82.6 cm³/mol. The van der Waals surface area contributed by atoms with Gasteiger partial charge in [0.05, 0.1) is 9.40 Å². The van der Waals surface area contributed by atoms with Crippen LogP contribution in [0.25, 0.3) is 0 Å². The minimum absolute atomic E-state index is 0.0103. The van der Waals surface area contributed by atoms with Crippen molar-refractivity contribution in [3.8, 4) is 5.75 Å². The normalized spacial score (nSPS) is 10.1. The first-order valence-corrected chi connectivity index (χ1v) is 6.77.